The van der Waals surface area contributed by atoms with Crippen LogP contribution in [0.2, 0.25) is 0 Å². The Morgan fingerprint density at radius 2 is 0.429 bits per heavy atom. The van der Waals surface area contributed by atoms with E-state index in [9.17, 15) is 5.26 Å². The van der Waals surface area contributed by atoms with E-state index in [4.69, 9.17) is 29.9 Å². The predicted molar refractivity (Wildman–Crippen MR) is 221 cm³/mol. The number of aromatic nitrogens is 6. The quantitative estimate of drug-likeness (QED) is 0.154. The lowest BCUT2D eigenvalue weighted by Crippen LogP contribution is -2.00. The molecule has 0 bridgehead atoms. The average Bonchev–Trinajstić information content (AvgIpc) is 3.30. The molecule has 0 radical (unpaired) electrons. The van der Waals surface area contributed by atoms with Crippen molar-refractivity contribution in [3.63, 3.8) is 0 Å². The summed E-state index contributed by atoms with van der Waals surface area (Å²) in [6.07, 6.45) is 0. The summed E-state index contributed by atoms with van der Waals surface area (Å²) in [5.74, 6) is 3.52. The van der Waals surface area contributed by atoms with Crippen LogP contribution in [0.1, 0.15) is 5.56 Å². The van der Waals surface area contributed by atoms with Crippen LogP contribution in [0.25, 0.3) is 90.6 Å². The molecule has 9 rings (SSSR count). The SMILES string of the molecule is N#Cc1ccc(-c2nc(-c3ccc(-c4ccccc4)cc3)nc(-c3ccc(-c4ccc(-c5nc(-c6ccccc6)nc(-c6ccccc6)n5)cc4)cc3)n2)cc1. The molecule has 0 unspecified atom stereocenters. The van der Waals surface area contributed by atoms with Crippen molar-refractivity contribution in [2.75, 3.05) is 0 Å². The van der Waals surface area contributed by atoms with Crippen LogP contribution >= 0.6 is 0 Å². The van der Waals surface area contributed by atoms with Gasteiger partial charge in [0.05, 0.1) is 11.6 Å². The van der Waals surface area contributed by atoms with E-state index >= 15 is 0 Å². The highest BCUT2D eigenvalue weighted by Crippen LogP contribution is 2.31. The molecule has 0 saturated carbocycles. The topological polar surface area (TPSA) is 101 Å². The Morgan fingerprint density at radius 1 is 0.232 bits per heavy atom. The van der Waals surface area contributed by atoms with Crippen molar-refractivity contribution in [3.8, 4) is 96.7 Å². The largest absolute Gasteiger partial charge is 0.208 e. The molecule has 0 spiro atoms. The van der Waals surface area contributed by atoms with Crippen molar-refractivity contribution < 1.29 is 0 Å². The molecule has 0 atom stereocenters. The minimum Gasteiger partial charge on any atom is -0.208 e. The minimum absolute atomic E-state index is 0.533. The third-order valence-corrected chi connectivity index (χ3v) is 9.48. The molecule has 7 aromatic carbocycles. The number of nitrogens with zero attached hydrogens (tertiary/aromatic N) is 7. The molecule has 9 aromatic rings. The Balaban J connectivity index is 1.03. The van der Waals surface area contributed by atoms with E-state index in [1.54, 1.807) is 12.1 Å². The maximum Gasteiger partial charge on any atom is 0.164 e. The van der Waals surface area contributed by atoms with Gasteiger partial charge in [-0.3, -0.25) is 0 Å². The first-order valence-corrected chi connectivity index (χ1v) is 18.2. The maximum atomic E-state index is 9.36. The third kappa shape index (κ3) is 7.19. The first kappa shape index (κ1) is 33.9. The Bertz CT molecular complexity index is 2740. The highest BCUT2D eigenvalue weighted by molar-refractivity contribution is 5.74. The van der Waals surface area contributed by atoms with Crippen LogP contribution in [0.4, 0.5) is 0 Å². The van der Waals surface area contributed by atoms with Crippen LogP contribution in [0.3, 0.4) is 0 Å². The Hall–Kier alpha value is -7.95. The van der Waals surface area contributed by atoms with E-state index in [-0.39, 0.29) is 0 Å². The first-order valence-electron chi connectivity index (χ1n) is 18.2. The van der Waals surface area contributed by atoms with Gasteiger partial charge in [0.2, 0.25) is 0 Å². The molecule has 0 aliphatic carbocycles. The van der Waals surface area contributed by atoms with E-state index in [1.165, 1.54) is 0 Å². The second kappa shape index (κ2) is 15.2. The summed E-state index contributed by atoms with van der Waals surface area (Å²) in [7, 11) is 0. The standard InChI is InChI=1S/C49H31N7/c50-32-33-16-18-40(19-17-33)46-54-48(41-26-20-35(21-27-41)34-10-4-1-5-11-34)56-49(55-46)43-30-24-37(25-31-43)36-22-28-42(29-23-36)47-52-44(38-12-6-2-7-13-38)51-45(53-47)39-14-8-3-9-15-39/h1-31H. The van der Waals surface area contributed by atoms with Crippen LogP contribution < -0.4 is 0 Å². The molecule has 7 heteroatoms. The number of nitriles is 1. The van der Waals surface area contributed by atoms with Crippen molar-refractivity contribution in [1.82, 2.24) is 29.9 Å². The number of hydrogen-bond donors (Lipinski definition) is 0. The average molecular weight is 718 g/mol. The lowest BCUT2D eigenvalue weighted by molar-refractivity contribution is 1.07. The van der Waals surface area contributed by atoms with Crippen LogP contribution in [0, 0.1) is 11.3 Å². The second-order valence-corrected chi connectivity index (χ2v) is 13.1. The zero-order valence-corrected chi connectivity index (χ0v) is 30.0. The summed E-state index contributed by atoms with van der Waals surface area (Å²) >= 11 is 0. The second-order valence-electron chi connectivity index (χ2n) is 13.1. The van der Waals surface area contributed by atoms with Gasteiger partial charge < -0.3 is 0 Å². The molecule has 56 heavy (non-hydrogen) atoms. The fraction of sp³-hybridized carbons (Fsp3) is 0. The molecule has 0 fully saturated rings. The minimum atomic E-state index is 0.533. The highest BCUT2D eigenvalue weighted by Gasteiger charge is 2.15. The molecule has 2 heterocycles. The van der Waals surface area contributed by atoms with Crippen molar-refractivity contribution in [3.05, 3.63) is 194 Å². The van der Waals surface area contributed by atoms with E-state index in [0.29, 0.717) is 40.5 Å². The molecule has 0 amide bonds. The lowest BCUT2D eigenvalue weighted by atomic mass is 10.0. The van der Waals surface area contributed by atoms with Gasteiger partial charge in [0.15, 0.2) is 34.9 Å². The summed E-state index contributed by atoms with van der Waals surface area (Å²) in [4.78, 5) is 29.3. The zero-order chi connectivity index (χ0) is 37.7. The van der Waals surface area contributed by atoms with Crippen molar-refractivity contribution in [2.24, 2.45) is 0 Å². The van der Waals surface area contributed by atoms with Crippen LogP contribution in [-0.4, -0.2) is 29.9 Å². The van der Waals surface area contributed by atoms with Crippen molar-refractivity contribution in [2.45, 2.75) is 0 Å². The van der Waals surface area contributed by atoms with Crippen molar-refractivity contribution in [1.29, 1.82) is 5.26 Å². The monoisotopic (exact) mass is 717 g/mol. The number of rotatable bonds is 8. The predicted octanol–water partition coefficient (Wildman–Crippen LogP) is 11.3. The van der Waals surface area contributed by atoms with Gasteiger partial charge in [-0.15, -0.1) is 0 Å². The Labute approximate surface area is 324 Å². The summed E-state index contributed by atoms with van der Waals surface area (Å²) in [6, 6.07) is 64.4. The summed E-state index contributed by atoms with van der Waals surface area (Å²) in [5.41, 5.74) is 10.2. The molecular formula is C49H31N7. The summed E-state index contributed by atoms with van der Waals surface area (Å²) < 4.78 is 0. The van der Waals surface area contributed by atoms with Crippen LogP contribution in [0.15, 0.2) is 188 Å². The third-order valence-electron chi connectivity index (χ3n) is 9.48. The molecule has 0 aliphatic heterocycles. The van der Waals surface area contributed by atoms with Gasteiger partial charge in [-0.2, -0.15) is 5.26 Å². The van der Waals surface area contributed by atoms with Gasteiger partial charge >= 0.3 is 0 Å². The van der Waals surface area contributed by atoms with E-state index in [0.717, 1.165) is 55.6 Å². The van der Waals surface area contributed by atoms with E-state index in [2.05, 4.69) is 54.6 Å². The highest BCUT2D eigenvalue weighted by atomic mass is 15.0. The fourth-order valence-electron chi connectivity index (χ4n) is 6.46. The number of benzene rings is 7. The normalized spacial score (nSPS) is 10.8. The Kier molecular flexibility index (Phi) is 9.18. The van der Waals surface area contributed by atoms with Crippen LogP contribution in [-0.2, 0) is 0 Å². The molecule has 0 saturated heterocycles. The first-order chi connectivity index (χ1) is 27.7. The summed E-state index contributed by atoms with van der Waals surface area (Å²) in [5, 5.41) is 9.36. The fourth-order valence-corrected chi connectivity index (χ4v) is 6.46. The maximum absolute atomic E-state index is 9.36. The van der Waals surface area contributed by atoms with Crippen molar-refractivity contribution >= 4 is 0 Å². The zero-order valence-electron chi connectivity index (χ0n) is 30.0. The van der Waals surface area contributed by atoms with Gasteiger partial charge in [0, 0.05) is 33.4 Å². The summed E-state index contributed by atoms with van der Waals surface area (Å²) in [6.45, 7) is 0. The molecule has 262 valence electrons. The molecule has 0 aliphatic rings. The molecule has 2 aromatic heterocycles. The van der Waals surface area contributed by atoms with Gasteiger partial charge in [-0.25, -0.2) is 29.9 Å². The molecular weight excluding hydrogens is 687 g/mol. The van der Waals surface area contributed by atoms with Gasteiger partial charge in [-0.05, 0) is 46.5 Å². The van der Waals surface area contributed by atoms with Crippen LogP contribution in [0.5, 0.6) is 0 Å². The Morgan fingerprint density at radius 3 is 0.696 bits per heavy atom. The smallest absolute Gasteiger partial charge is 0.164 e. The van der Waals surface area contributed by atoms with E-state index < -0.39 is 0 Å². The van der Waals surface area contributed by atoms with Gasteiger partial charge in [0.1, 0.15) is 0 Å². The van der Waals surface area contributed by atoms with E-state index in [1.807, 2.05) is 127 Å². The molecule has 7 nitrogen and oxygen atoms in total. The lowest BCUT2D eigenvalue weighted by Gasteiger charge is -2.10. The van der Waals surface area contributed by atoms with Gasteiger partial charge in [-0.1, -0.05) is 164 Å². The van der Waals surface area contributed by atoms with Gasteiger partial charge in [0.25, 0.3) is 0 Å². The number of hydrogen-bond acceptors (Lipinski definition) is 7. The molecule has 0 N–H and O–H groups in total.